The van der Waals surface area contributed by atoms with E-state index in [1.165, 1.54) is 14.2 Å². The number of nitrogens with zero attached hydrogens (tertiary/aromatic N) is 6. The van der Waals surface area contributed by atoms with E-state index in [-0.39, 0.29) is 11.6 Å². The van der Waals surface area contributed by atoms with Gasteiger partial charge in [0.25, 0.3) is 0 Å². The van der Waals surface area contributed by atoms with Crippen molar-refractivity contribution in [2.24, 2.45) is 0 Å². The zero-order valence-corrected chi connectivity index (χ0v) is 21.6. The molecule has 0 radical (unpaired) electrons. The topological polar surface area (TPSA) is 122 Å². The standard InChI is InChI=1S/C25H28N6O4S/c1-16-13-27-24(28-14-16)17(2)18(3)36(32,33)15-22-29-30-25(19-9-6-7-12-26-19)31(22)23-20(34-4)10-8-11-21(23)35-5/h6-14,17-18H,15H2,1-5H3/t17-,18-/m0/s1. The Balaban J connectivity index is 1.81. The maximum atomic E-state index is 13.6. The summed E-state index contributed by atoms with van der Waals surface area (Å²) in [6.45, 7) is 5.35. The maximum Gasteiger partial charge on any atom is 0.187 e. The van der Waals surface area contributed by atoms with E-state index in [2.05, 4.69) is 25.1 Å². The van der Waals surface area contributed by atoms with Gasteiger partial charge in [0, 0.05) is 24.5 Å². The van der Waals surface area contributed by atoms with Crippen molar-refractivity contribution in [2.75, 3.05) is 14.2 Å². The fourth-order valence-corrected chi connectivity index (χ4v) is 5.38. The van der Waals surface area contributed by atoms with Gasteiger partial charge in [0.05, 0.1) is 19.5 Å². The van der Waals surface area contributed by atoms with Gasteiger partial charge in [0.2, 0.25) is 0 Å². The van der Waals surface area contributed by atoms with Gasteiger partial charge in [0.1, 0.15) is 34.5 Å². The van der Waals surface area contributed by atoms with E-state index < -0.39 is 21.0 Å². The van der Waals surface area contributed by atoms with E-state index in [0.717, 1.165) is 5.56 Å². The molecule has 0 fully saturated rings. The Hall–Kier alpha value is -3.86. The van der Waals surface area contributed by atoms with Gasteiger partial charge in [-0.1, -0.05) is 19.1 Å². The fraction of sp³-hybridized carbons (Fsp3) is 0.320. The van der Waals surface area contributed by atoms with E-state index in [0.29, 0.717) is 34.5 Å². The lowest BCUT2D eigenvalue weighted by Crippen LogP contribution is -2.27. The number of aryl methyl sites for hydroxylation is 1. The Bertz CT molecular complexity index is 1420. The number of hydrogen-bond donors (Lipinski definition) is 0. The number of rotatable bonds is 9. The van der Waals surface area contributed by atoms with Gasteiger partial charge in [-0.3, -0.25) is 9.55 Å². The number of benzene rings is 1. The highest BCUT2D eigenvalue weighted by Crippen LogP contribution is 2.36. The number of ether oxygens (including phenoxy) is 2. The van der Waals surface area contributed by atoms with Crippen molar-refractivity contribution in [3.63, 3.8) is 0 Å². The highest BCUT2D eigenvalue weighted by molar-refractivity contribution is 7.91. The predicted molar refractivity (Wildman–Crippen MR) is 135 cm³/mol. The smallest absolute Gasteiger partial charge is 0.187 e. The molecule has 0 spiro atoms. The molecular weight excluding hydrogens is 480 g/mol. The van der Waals surface area contributed by atoms with Gasteiger partial charge in [-0.25, -0.2) is 18.4 Å². The van der Waals surface area contributed by atoms with Crippen LogP contribution in [0.4, 0.5) is 0 Å². The van der Waals surface area contributed by atoms with Crippen molar-refractivity contribution in [3.05, 3.63) is 72.2 Å². The number of hydrogen-bond acceptors (Lipinski definition) is 9. The molecule has 0 saturated heterocycles. The van der Waals surface area contributed by atoms with Gasteiger partial charge in [-0.2, -0.15) is 0 Å². The molecule has 0 aliphatic carbocycles. The summed E-state index contributed by atoms with van der Waals surface area (Å²) in [5.74, 6) is 1.19. The zero-order valence-electron chi connectivity index (χ0n) is 20.8. The first-order valence-electron chi connectivity index (χ1n) is 11.3. The summed E-state index contributed by atoms with van der Waals surface area (Å²) in [7, 11) is -0.650. The Morgan fingerprint density at radius 1 is 0.917 bits per heavy atom. The van der Waals surface area contributed by atoms with Crippen LogP contribution in [0.1, 0.15) is 37.0 Å². The first-order valence-corrected chi connectivity index (χ1v) is 13.1. The van der Waals surface area contributed by atoms with Crippen molar-refractivity contribution in [1.29, 1.82) is 0 Å². The Morgan fingerprint density at radius 2 is 1.58 bits per heavy atom. The monoisotopic (exact) mass is 508 g/mol. The molecule has 1 aromatic carbocycles. The normalized spacial score (nSPS) is 13.2. The van der Waals surface area contributed by atoms with E-state index in [1.807, 2.05) is 13.0 Å². The second kappa shape index (κ2) is 10.4. The fourth-order valence-electron chi connectivity index (χ4n) is 3.83. The number of para-hydroxylation sites is 1. The van der Waals surface area contributed by atoms with E-state index in [9.17, 15) is 8.42 Å². The summed E-state index contributed by atoms with van der Waals surface area (Å²) in [5, 5.41) is 7.83. The molecule has 0 aliphatic rings. The van der Waals surface area contributed by atoms with Crippen molar-refractivity contribution in [1.82, 2.24) is 29.7 Å². The molecule has 4 rings (SSSR count). The lowest BCUT2D eigenvalue weighted by molar-refractivity contribution is 0.390. The second-order valence-electron chi connectivity index (χ2n) is 8.42. The molecule has 10 nitrogen and oxygen atoms in total. The minimum Gasteiger partial charge on any atom is -0.494 e. The molecule has 0 N–H and O–H groups in total. The average molecular weight is 509 g/mol. The van der Waals surface area contributed by atoms with Crippen molar-refractivity contribution in [3.8, 4) is 28.7 Å². The quantitative estimate of drug-likeness (QED) is 0.334. The molecule has 188 valence electrons. The number of pyridine rings is 1. The van der Waals surface area contributed by atoms with Crippen LogP contribution in [0.25, 0.3) is 17.2 Å². The minimum absolute atomic E-state index is 0.210. The predicted octanol–water partition coefficient (Wildman–Crippen LogP) is 3.55. The molecular formula is C25H28N6O4S. The summed E-state index contributed by atoms with van der Waals surface area (Å²) in [6, 6.07) is 10.7. The van der Waals surface area contributed by atoms with Crippen LogP contribution in [-0.2, 0) is 15.6 Å². The molecule has 0 bridgehead atoms. The van der Waals surface area contributed by atoms with Crippen molar-refractivity contribution in [2.45, 2.75) is 37.7 Å². The molecule has 2 atom stereocenters. The summed E-state index contributed by atoms with van der Waals surface area (Å²) in [6.07, 6.45) is 5.00. The molecule has 4 aromatic rings. The van der Waals surface area contributed by atoms with Gasteiger partial charge in [-0.15, -0.1) is 10.2 Å². The number of methoxy groups -OCH3 is 2. The van der Waals surface area contributed by atoms with Crippen LogP contribution in [0, 0.1) is 6.92 Å². The SMILES string of the molecule is COc1cccc(OC)c1-n1c(CS(=O)(=O)[C@@H](C)[C@H](C)c2ncc(C)cn2)nnc1-c1ccccn1. The first-order chi connectivity index (χ1) is 17.3. The summed E-state index contributed by atoms with van der Waals surface area (Å²) in [4.78, 5) is 13.0. The zero-order chi connectivity index (χ0) is 25.9. The Labute approximate surface area is 210 Å². The lowest BCUT2D eigenvalue weighted by Gasteiger charge is -2.20. The number of aromatic nitrogens is 6. The van der Waals surface area contributed by atoms with E-state index in [1.54, 1.807) is 67.3 Å². The van der Waals surface area contributed by atoms with E-state index >= 15 is 0 Å². The minimum atomic E-state index is -3.71. The largest absolute Gasteiger partial charge is 0.494 e. The molecule has 3 aromatic heterocycles. The molecule has 0 unspecified atom stereocenters. The summed E-state index contributed by atoms with van der Waals surface area (Å²) in [5.41, 5.74) is 1.92. The van der Waals surface area contributed by atoms with E-state index in [4.69, 9.17) is 9.47 Å². The van der Waals surface area contributed by atoms with Crippen LogP contribution in [0.15, 0.2) is 55.0 Å². The molecule has 0 aliphatic heterocycles. The van der Waals surface area contributed by atoms with Crippen LogP contribution in [0.2, 0.25) is 0 Å². The highest BCUT2D eigenvalue weighted by atomic mass is 32.2. The number of sulfone groups is 1. The third-order valence-electron chi connectivity index (χ3n) is 6.06. The van der Waals surface area contributed by atoms with Gasteiger partial charge < -0.3 is 9.47 Å². The Morgan fingerprint density at radius 3 is 2.17 bits per heavy atom. The van der Waals surface area contributed by atoms with Crippen LogP contribution in [0.5, 0.6) is 11.5 Å². The van der Waals surface area contributed by atoms with Crippen molar-refractivity contribution < 1.29 is 17.9 Å². The summed E-state index contributed by atoms with van der Waals surface area (Å²) >= 11 is 0. The molecule has 0 saturated carbocycles. The van der Waals surface area contributed by atoms with Crippen LogP contribution < -0.4 is 9.47 Å². The van der Waals surface area contributed by atoms with Crippen molar-refractivity contribution >= 4 is 9.84 Å². The molecule has 36 heavy (non-hydrogen) atoms. The maximum absolute atomic E-state index is 13.6. The average Bonchev–Trinajstić information content (AvgIpc) is 3.30. The highest BCUT2D eigenvalue weighted by Gasteiger charge is 2.33. The van der Waals surface area contributed by atoms with Crippen LogP contribution in [0.3, 0.4) is 0 Å². The van der Waals surface area contributed by atoms with Crippen LogP contribution >= 0.6 is 0 Å². The van der Waals surface area contributed by atoms with Gasteiger partial charge in [-0.05, 0) is 43.7 Å². The first kappa shape index (κ1) is 25.2. The lowest BCUT2D eigenvalue weighted by atomic mass is 10.1. The second-order valence-corrected chi connectivity index (χ2v) is 10.8. The van der Waals surface area contributed by atoms with Gasteiger partial charge in [0.15, 0.2) is 21.5 Å². The molecule has 3 heterocycles. The van der Waals surface area contributed by atoms with Gasteiger partial charge >= 0.3 is 0 Å². The Kier molecular flexibility index (Phi) is 7.30. The third-order valence-corrected chi connectivity index (χ3v) is 8.26. The summed E-state index contributed by atoms with van der Waals surface area (Å²) < 4.78 is 40.0. The third kappa shape index (κ3) is 4.92. The molecule has 0 amide bonds. The van der Waals surface area contributed by atoms with Crippen LogP contribution in [-0.4, -0.2) is 57.6 Å². The molecule has 11 heteroatoms.